The molecule has 6 heteroatoms. The molecule has 0 saturated carbocycles. The first-order chi connectivity index (χ1) is 13.3. The lowest BCUT2D eigenvalue weighted by molar-refractivity contribution is -0.150. The molecule has 1 unspecified atom stereocenters. The minimum atomic E-state index is -0.981. The number of carbonyl (C=O) groups excluding carboxylic acids is 2. The number of ketones is 1. The van der Waals surface area contributed by atoms with Crippen LogP contribution in [0.1, 0.15) is 46.5 Å². The molecule has 28 heavy (non-hydrogen) atoms. The van der Waals surface area contributed by atoms with Gasteiger partial charge in [0.05, 0.1) is 11.0 Å². The van der Waals surface area contributed by atoms with Crippen LogP contribution in [-0.4, -0.2) is 40.8 Å². The number of aliphatic carboxylic acids is 1. The summed E-state index contributed by atoms with van der Waals surface area (Å²) in [4.78, 5) is 39.3. The van der Waals surface area contributed by atoms with Gasteiger partial charge in [-0.05, 0) is 42.7 Å². The van der Waals surface area contributed by atoms with Crippen molar-refractivity contribution in [2.24, 2.45) is 11.3 Å². The molecule has 0 spiro atoms. The van der Waals surface area contributed by atoms with Crippen molar-refractivity contribution in [1.29, 1.82) is 0 Å². The average molecular weight is 383 g/mol. The Morgan fingerprint density at radius 2 is 1.64 bits per heavy atom. The molecule has 2 aromatic carbocycles. The lowest BCUT2D eigenvalue weighted by Gasteiger charge is -2.28. The molecule has 0 aliphatic carbocycles. The summed E-state index contributed by atoms with van der Waals surface area (Å²) in [6, 6.07) is 11.6. The van der Waals surface area contributed by atoms with Gasteiger partial charge in [-0.1, -0.05) is 32.0 Å². The van der Waals surface area contributed by atoms with E-state index in [0.717, 1.165) is 0 Å². The number of rotatable bonds is 5. The molecule has 1 heterocycles. The molecule has 2 aromatic rings. The summed E-state index contributed by atoms with van der Waals surface area (Å²) >= 11 is 0. The molecule has 0 bridgehead atoms. The Morgan fingerprint density at radius 3 is 2.18 bits per heavy atom. The van der Waals surface area contributed by atoms with Gasteiger partial charge in [0.1, 0.15) is 5.82 Å². The molecule has 0 radical (unpaired) electrons. The van der Waals surface area contributed by atoms with Crippen LogP contribution in [0.5, 0.6) is 0 Å². The van der Waals surface area contributed by atoms with Crippen molar-refractivity contribution in [1.82, 2.24) is 4.90 Å². The van der Waals surface area contributed by atoms with Gasteiger partial charge in [0, 0.05) is 24.2 Å². The third-order valence-corrected chi connectivity index (χ3v) is 5.63. The fraction of sp³-hybridized carbons (Fsp3) is 0.318. The van der Waals surface area contributed by atoms with E-state index < -0.39 is 17.2 Å². The average Bonchev–Trinajstić information content (AvgIpc) is 3.14. The summed E-state index contributed by atoms with van der Waals surface area (Å²) in [5.74, 6) is -2.23. The fourth-order valence-electron chi connectivity index (χ4n) is 3.69. The smallest absolute Gasteiger partial charge is 0.311 e. The first-order valence-electron chi connectivity index (χ1n) is 9.18. The molecule has 1 fully saturated rings. The Morgan fingerprint density at radius 1 is 1.04 bits per heavy atom. The number of nitrogens with zero attached hydrogens (tertiary/aromatic N) is 1. The molecule has 1 saturated heterocycles. The normalized spacial score (nSPS) is 19.1. The molecule has 5 nitrogen and oxygen atoms in total. The van der Waals surface area contributed by atoms with Crippen LogP contribution in [0.3, 0.4) is 0 Å². The topological polar surface area (TPSA) is 74.7 Å². The van der Waals surface area contributed by atoms with E-state index in [9.17, 15) is 23.9 Å². The number of halogens is 1. The van der Waals surface area contributed by atoms with Gasteiger partial charge in [0.25, 0.3) is 5.91 Å². The molecule has 1 N–H and O–H groups in total. The lowest BCUT2D eigenvalue weighted by atomic mass is 9.76. The van der Waals surface area contributed by atoms with Gasteiger partial charge < -0.3 is 10.0 Å². The van der Waals surface area contributed by atoms with Gasteiger partial charge in [-0.2, -0.15) is 0 Å². The summed E-state index contributed by atoms with van der Waals surface area (Å²) in [7, 11) is 0. The molecule has 1 aliphatic heterocycles. The van der Waals surface area contributed by atoms with E-state index >= 15 is 0 Å². The fourth-order valence-corrected chi connectivity index (χ4v) is 3.69. The van der Waals surface area contributed by atoms with Crippen molar-refractivity contribution in [2.45, 2.75) is 20.3 Å². The van der Waals surface area contributed by atoms with E-state index in [-0.39, 0.29) is 40.8 Å². The van der Waals surface area contributed by atoms with E-state index in [1.807, 2.05) is 13.8 Å². The Hall–Kier alpha value is -3.02. The van der Waals surface area contributed by atoms with Crippen molar-refractivity contribution in [3.63, 3.8) is 0 Å². The van der Waals surface area contributed by atoms with E-state index in [1.54, 1.807) is 24.3 Å². The summed E-state index contributed by atoms with van der Waals surface area (Å²) < 4.78 is 13.1. The second-order valence-electron chi connectivity index (χ2n) is 7.47. The van der Waals surface area contributed by atoms with Crippen molar-refractivity contribution in [3.05, 3.63) is 71.0 Å². The van der Waals surface area contributed by atoms with Gasteiger partial charge in [-0.3, -0.25) is 14.4 Å². The Labute approximate surface area is 162 Å². The van der Waals surface area contributed by atoms with Gasteiger partial charge in [0.15, 0.2) is 5.78 Å². The maximum Gasteiger partial charge on any atom is 0.311 e. The predicted molar refractivity (Wildman–Crippen MR) is 102 cm³/mol. The van der Waals surface area contributed by atoms with Gasteiger partial charge >= 0.3 is 5.97 Å². The maximum absolute atomic E-state index is 13.1. The first-order valence-corrected chi connectivity index (χ1v) is 9.18. The van der Waals surface area contributed by atoms with Crippen LogP contribution in [0.25, 0.3) is 0 Å². The quantitative estimate of drug-likeness (QED) is 0.800. The van der Waals surface area contributed by atoms with Crippen LogP contribution < -0.4 is 0 Å². The predicted octanol–water partition coefficient (Wildman–Crippen LogP) is 3.63. The minimum absolute atomic E-state index is 0.109. The van der Waals surface area contributed by atoms with Gasteiger partial charge in [-0.25, -0.2) is 4.39 Å². The van der Waals surface area contributed by atoms with E-state index in [4.69, 9.17) is 0 Å². The molecule has 0 aromatic heterocycles. The number of hydrogen-bond acceptors (Lipinski definition) is 3. The molecular weight excluding hydrogens is 361 g/mol. The molecule has 3 rings (SSSR count). The highest BCUT2D eigenvalue weighted by Crippen LogP contribution is 2.38. The van der Waals surface area contributed by atoms with Crippen LogP contribution in [0.15, 0.2) is 48.5 Å². The summed E-state index contributed by atoms with van der Waals surface area (Å²) in [6.45, 7) is 4.11. The van der Waals surface area contributed by atoms with Crippen LogP contribution in [0.4, 0.5) is 4.39 Å². The van der Waals surface area contributed by atoms with Crippen molar-refractivity contribution in [2.75, 3.05) is 13.1 Å². The van der Waals surface area contributed by atoms with Crippen LogP contribution in [0.2, 0.25) is 0 Å². The highest BCUT2D eigenvalue weighted by molar-refractivity contribution is 6.15. The molecule has 1 aliphatic rings. The number of amides is 1. The number of hydrogen-bond donors (Lipinski definition) is 1. The molecule has 1 amide bonds. The number of carboxylic acid groups (broad SMARTS) is 1. The standard InChI is InChI=1S/C22H22FNO4/c1-14(2)22(21(27)28)11-12-24(13-22)20(26)18-6-4-3-5-17(18)19(25)15-7-9-16(23)10-8-15/h3-10,14H,11-13H2,1-2H3,(H,27,28). The van der Waals surface area contributed by atoms with Crippen molar-refractivity contribution in [3.8, 4) is 0 Å². The zero-order chi connectivity index (χ0) is 20.5. The Balaban J connectivity index is 1.91. The minimum Gasteiger partial charge on any atom is -0.481 e. The number of carbonyl (C=O) groups is 3. The summed E-state index contributed by atoms with van der Waals surface area (Å²) in [5.41, 5.74) is -0.255. The summed E-state index contributed by atoms with van der Waals surface area (Å²) in [6.07, 6.45) is 0.375. The number of benzene rings is 2. The number of carboxylic acids is 1. The van der Waals surface area contributed by atoms with Crippen LogP contribution in [-0.2, 0) is 4.79 Å². The third-order valence-electron chi connectivity index (χ3n) is 5.63. The maximum atomic E-state index is 13.1. The van der Waals surface area contributed by atoms with E-state index in [0.29, 0.717) is 13.0 Å². The van der Waals surface area contributed by atoms with Crippen molar-refractivity contribution >= 4 is 17.7 Å². The molecular formula is C22H22FNO4. The molecule has 1 atom stereocenters. The van der Waals surface area contributed by atoms with E-state index in [2.05, 4.69) is 0 Å². The van der Waals surface area contributed by atoms with E-state index in [1.165, 1.54) is 29.2 Å². The zero-order valence-corrected chi connectivity index (χ0v) is 15.8. The Bertz CT molecular complexity index is 922. The van der Waals surface area contributed by atoms with Crippen LogP contribution in [0, 0.1) is 17.2 Å². The SMILES string of the molecule is CC(C)C1(C(=O)O)CCN(C(=O)c2ccccc2C(=O)c2ccc(F)cc2)C1. The highest BCUT2D eigenvalue weighted by atomic mass is 19.1. The monoisotopic (exact) mass is 383 g/mol. The largest absolute Gasteiger partial charge is 0.481 e. The number of likely N-dealkylation sites (tertiary alicyclic amines) is 1. The zero-order valence-electron chi connectivity index (χ0n) is 15.8. The van der Waals surface area contributed by atoms with Crippen LogP contribution >= 0.6 is 0 Å². The third kappa shape index (κ3) is 3.42. The second kappa shape index (κ2) is 7.54. The lowest BCUT2D eigenvalue weighted by Crippen LogP contribution is -2.40. The highest BCUT2D eigenvalue weighted by Gasteiger charge is 2.48. The van der Waals surface area contributed by atoms with Crippen molar-refractivity contribution < 1.29 is 23.9 Å². The Kier molecular flexibility index (Phi) is 5.31. The van der Waals surface area contributed by atoms with Gasteiger partial charge in [0.2, 0.25) is 0 Å². The van der Waals surface area contributed by atoms with Gasteiger partial charge in [-0.15, -0.1) is 0 Å². The first kappa shape index (κ1) is 19.7. The second-order valence-corrected chi connectivity index (χ2v) is 7.47. The summed E-state index contributed by atoms with van der Waals surface area (Å²) in [5, 5.41) is 9.70. The molecule has 146 valence electrons.